The van der Waals surface area contributed by atoms with Crippen molar-refractivity contribution < 1.29 is 93.3 Å². The minimum atomic E-state index is -2.03. The third kappa shape index (κ3) is 25.1. The molecule has 0 unspecified atom stereocenters. The number of carboxylic acids is 3. The molecule has 0 saturated heterocycles. The molecule has 0 saturated carbocycles. The van der Waals surface area contributed by atoms with Gasteiger partial charge in [0, 0.05) is 32.2 Å². The zero-order valence-electron chi connectivity index (χ0n) is 44.1. The highest BCUT2D eigenvalue weighted by Crippen LogP contribution is 2.13. The number of aliphatic carboxylic acids is 3. The maximum atomic E-state index is 14.1. The van der Waals surface area contributed by atoms with Crippen molar-refractivity contribution in [1.29, 1.82) is 5.41 Å². The average Bonchev–Trinajstić information content (AvgIpc) is 3.41. The quantitative estimate of drug-likeness (QED) is 0.0171. The predicted molar refractivity (Wildman–Crippen MR) is 280 cm³/mol. The SMILES string of the molecule is C[C@@H](O)[C@H](NC(=O)[C@H](CCCNC(=N)N)NC(=O)[C@@H](NC(=O)[C@H](CCC(=O)O)NC(=O)[C@H](CO)NC(=O)[C@H](CC(=O)O)NC(=O)[C@@H](N)CCC(N)=O)[C@@H](C)O)C(=O)N[C@@H](Cc1ccccc1)C(=O)N[C@@H](Cc1ccc(O)cc1)C(=O)O. The van der Waals surface area contributed by atoms with Crippen LogP contribution in [0.25, 0.3) is 0 Å². The second-order valence-electron chi connectivity index (χ2n) is 18.5. The fourth-order valence-corrected chi connectivity index (χ4v) is 7.41. The topological polar surface area (TPSA) is 557 Å². The Bertz CT molecular complexity index is 2540. The van der Waals surface area contributed by atoms with Crippen LogP contribution in [0.2, 0.25) is 0 Å². The van der Waals surface area contributed by atoms with Crippen molar-refractivity contribution in [1.82, 2.24) is 47.9 Å². The van der Waals surface area contributed by atoms with Crippen molar-refractivity contribution in [2.24, 2.45) is 17.2 Å². The van der Waals surface area contributed by atoms with E-state index in [-0.39, 0.29) is 50.8 Å². The molecular formula is C49H71N13O19. The van der Waals surface area contributed by atoms with Gasteiger partial charge < -0.3 is 101 Å². The zero-order chi connectivity index (χ0) is 61.1. The summed E-state index contributed by atoms with van der Waals surface area (Å²) in [7, 11) is 0. The number of aromatic hydroxyl groups is 1. The molecule has 0 radical (unpaired) electrons. The van der Waals surface area contributed by atoms with Gasteiger partial charge in [0.05, 0.1) is 31.3 Å². The minimum absolute atomic E-state index is 0.0524. The van der Waals surface area contributed by atoms with Crippen LogP contribution in [0.15, 0.2) is 54.6 Å². The normalized spacial score (nSPS) is 15.0. The fraction of sp³-hybridized carbons (Fsp3) is 0.490. The Morgan fingerprint density at radius 3 is 1.46 bits per heavy atom. The third-order valence-corrected chi connectivity index (χ3v) is 11.8. The molecular weight excluding hydrogens is 1070 g/mol. The van der Waals surface area contributed by atoms with Crippen molar-refractivity contribution >= 4 is 77.0 Å². The Hall–Kier alpha value is -9.01. The number of nitrogens with two attached hydrogens (primary N) is 3. The Kier molecular flexibility index (Phi) is 28.7. The number of guanidine groups is 1. The molecule has 81 heavy (non-hydrogen) atoms. The zero-order valence-corrected chi connectivity index (χ0v) is 44.1. The van der Waals surface area contributed by atoms with Gasteiger partial charge in [0.1, 0.15) is 54.1 Å². The van der Waals surface area contributed by atoms with E-state index in [4.69, 9.17) is 22.6 Å². The maximum absolute atomic E-state index is 14.1. The van der Waals surface area contributed by atoms with Crippen LogP contribution in [0.3, 0.4) is 0 Å². The molecule has 0 heterocycles. The lowest BCUT2D eigenvalue weighted by Crippen LogP contribution is -2.63. The molecule has 2 rings (SSSR count). The van der Waals surface area contributed by atoms with Gasteiger partial charge in [-0.1, -0.05) is 42.5 Å². The second-order valence-corrected chi connectivity index (χ2v) is 18.5. The molecule has 0 aliphatic heterocycles. The van der Waals surface area contributed by atoms with Gasteiger partial charge in [-0.3, -0.25) is 58.1 Å². The molecule has 2 aromatic carbocycles. The molecule has 32 nitrogen and oxygen atoms in total. The molecule has 23 N–H and O–H groups in total. The number of aliphatic hydroxyl groups is 3. The summed E-state index contributed by atoms with van der Waals surface area (Å²) in [5.41, 5.74) is 17.1. The number of carboxylic acid groups (broad SMARTS) is 3. The smallest absolute Gasteiger partial charge is 0.326 e. The van der Waals surface area contributed by atoms with Gasteiger partial charge in [0.15, 0.2) is 5.96 Å². The summed E-state index contributed by atoms with van der Waals surface area (Å²) < 4.78 is 0. The largest absolute Gasteiger partial charge is 0.508 e. The standard InChI is InChI=1S/C49H71N13O19/c1-23(64)38(62-42(74)30(15-17-36(68)69)55-45(77)34(22-63)60-44(76)32(21-37(70)71)57-40(72)28(50)14-16-35(51)67)46(78)56-29(9-6-18-54-49(52)53)41(73)61-39(24(2)65)47(79)58-31(19-25-7-4-3-5-8-25)43(75)59-33(48(80)81)20-26-10-12-27(66)13-11-26/h3-5,7-8,10-13,23-24,28-34,38-39,63-66H,6,9,14-22,50H2,1-2H3,(H2,51,67)(H,55,77)(H,56,78)(H,57,72)(H,58,79)(H,59,75)(H,60,76)(H,61,73)(H,62,74)(H,68,69)(H,70,71)(H,80,81)(H4,52,53,54)/t23-,24-,28+,29+,30+,31+,32+,33+,34+,38+,39+/m1/s1. The third-order valence-electron chi connectivity index (χ3n) is 11.8. The predicted octanol–water partition coefficient (Wildman–Crippen LogP) is -6.91. The van der Waals surface area contributed by atoms with Gasteiger partial charge in [-0.05, 0) is 62.8 Å². The number of phenols is 1. The summed E-state index contributed by atoms with van der Waals surface area (Å²) in [5.74, 6) is -15.8. The van der Waals surface area contributed by atoms with Gasteiger partial charge in [-0.25, -0.2) is 4.79 Å². The number of benzene rings is 2. The summed E-state index contributed by atoms with van der Waals surface area (Å²) in [6.07, 6.45) is -7.74. The van der Waals surface area contributed by atoms with Crippen LogP contribution in [0.5, 0.6) is 5.75 Å². The number of hydrogen-bond donors (Lipinski definition) is 20. The number of aliphatic hydroxyl groups excluding tert-OH is 3. The van der Waals surface area contributed by atoms with E-state index in [1.165, 1.54) is 24.3 Å². The van der Waals surface area contributed by atoms with Crippen molar-refractivity contribution in [3.8, 4) is 5.75 Å². The molecule has 9 amide bonds. The van der Waals surface area contributed by atoms with Crippen LogP contribution in [0, 0.1) is 5.41 Å². The number of primary amides is 1. The molecule has 0 spiro atoms. The lowest BCUT2D eigenvalue weighted by molar-refractivity contribution is -0.142. The van der Waals surface area contributed by atoms with Crippen LogP contribution in [0.1, 0.15) is 69.9 Å². The highest BCUT2D eigenvalue weighted by molar-refractivity contribution is 5.99. The molecule has 0 aliphatic rings. The lowest BCUT2D eigenvalue weighted by Gasteiger charge is -2.29. The summed E-state index contributed by atoms with van der Waals surface area (Å²) in [6, 6.07) is -2.41. The maximum Gasteiger partial charge on any atom is 0.326 e. The van der Waals surface area contributed by atoms with E-state index in [0.717, 1.165) is 13.8 Å². The summed E-state index contributed by atoms with van der Waals surface area (Å²) in [5, 5.41) is 97.8. The Balaban J connectivity index is 2.41. The first-order valence-electron chi connectivity index (χ1n) is 25.0. The van der Waals surface area contributed by atoms with Crippen LogP contribution in [0.4, 0.5) is 0 Å². The van der Waals surface area contributed by atoms with Crippen molar-refractivity contribution in [3.63, 3.8) is 0 Å². The van der Waals surface area contributed by atoms with Gasteiger partial charge in [0.2, 0.25) is 53.2 Å². The first-order chi connectivity index (χ1) is 38.0. The number of carbonyl (C=O) groups is 12. The Morgan fingerprint density at radius 2 is 0.963 bits per heavy atom. The monoisotopic (exact) mass is 1150 g/mol. The van der Waals surface area contributed by atoms with E-state index >= 15 is 0 Å². The average molecular weight is 1150 g/mol. The van der Waals surface area contributed by atoms with E-state index in [1.54, 1.807) is 30.3 Å². The fourth-order valence-electron chi connectivity index (χ4n) is 7.41. The molecule has 0 fully saturated rings. The van der Waals surface area contributed by atoms with Crippen LogP contribution in [-0.4, -0.2) is 193 Å². The highest BCUT2D eigenvalue weighted by Gasteiger charge is 2.37. The van der Waals surface area contributed by atoms with Crippen LogP contribution >= 0.6 is 0 Å². The number of rotatable bonds is 36. The second kappa shape index (κ2) is 34.1. The van der Waals surface area contributed by atoms with Gasteiger partial charge in [-0.15, -0.1) is 0 Å². The summed E-state index contributed by atoms with van der Waals surface area (Å²) in [6.45, 7) is 0.794. The molecule has 446 valence electrons. The van der Waals surface area contributed by atoms with Gasteiger partial charge in [0.25, 0.3) is 0 Å². The highest BCUT2D eigenvalue weighted by atomic mass is 16.4. The number of amides is 9. The van der Waals surface area contributed by atoms with Crippen molar-refractivity contribution in [2.45, 2.75) is 138 Å². The molecule has 0 aromatic heterocycles. The first-order valence-corrected chi connectivity index (χ1v) is 25.0. The summed E-state index contributed by atoms with van der Waals surface area (Å²) in [4.78, 5) is 156. The lowest BCUT2D eigenvalue weighted by atomic mass is 10.0. The van der Waals surface area contributed by atoms with Gasteiger partial charge >= 0.3 is 17.9 Å². The molecule has 0 bridgehead atoms. The Morgan fingerprint density at radius 1 is 0.519 bits per heavy atom. The number of nitrogens with one attached hydrogen (secondary N) is 10. The number of hydrogen-bond acceptors (Lipinski definition) is 18. The van der Waals surface area contributed by atoms with Crippen molar-refractivity contribution in [2.75, 3.05) is 13.2 Å². The molecule has 0 aliphatic carbocycles. The van der Waals surface area contributed by atoms with E-state index in [1.807, 2.05) is 10.6 Å². The summed E-state index contributed by atoms with van der Waals surface area (Å²) >= 11 is 0. The Labute approximate surface area is 462 Å². The van der Waals surface area contributed by atoms with E-state index in [0.29, 0.717) is 11.1 Å². The molecule has 11 atom stereocenters. The van der Waals surface area contributed by atoms with E-state index in [9.17, 15) is 93.3 Å². The number of phenolic OH excluding ortho intramolecular Hbond substituents is 1. The van der Waals surface area contributed by atoms with E-state index in [2.05, 4.69) is 37.2 Å². The minimum Gasteiger partial charge on any atom is -0.508 e. The van der Waals surface area contributed by atoms with Gasteiger partial charge in [-0.2, -0.15) is 0 Å². The number of carbonyl (C=O) groups excluding carboxylic acids is 9. The molecule has 32 heteroatoms. The van der Waals surface area contributed by atoms with E-state index < -0.39 is 169 Å². The first kappa shape index (κ1) is 68.1. The van der Waals surface area contributed by atoms with Crippen LogP contribution in [-0.2, 0) is 70.4 Å². The van der Waals surface area contributed by atoms with Crippen molar-refractivity contribution in [3.05, 3.63) is 65.7 Å². The molecule has 2 aromatic rings. The van der Waals surface area contributed by atoms with Crippen LogP contribution < -0.4 is 65.1 Å².